The molecule has 47 heavy (non-hydrogen) atoms. The number of imidazole rings is 1. The summed E-state index contributed by atoms with van der Waals surface area (Å²) in [6.07, 6.45) is 0.499. The van der Waals surface area contributed by atoms with Gasteiger partial charge in [0.15, 0.2) is 17.3 Å². The van der Waals surface area contributed by atoms with Gasteiger partial charge in [0.1, 0.15) is 18.3 Å². The summed E-state index contributed by atoms with van der Waals surface area (Å²) in [5.41, 5.74) is 2.91. The van der Waals surface area contributed by atoms with Crippen LogP contribution in [0.2, 0.25) is 0 Å². The number of amides is 3. The summed E-state index contributed by atoms with van der Waals surface area (Å²) in [7, 11) is 1.53. The van der Waals surface area contributed by atoms with Gasteiger partial charge in [0.05, 0.1) is 37.3 Å². The van der Waals surface area contributed by atoms with Crippen molar-refractivity contribution in [3.05, 3.63) is 90.0 Å². The summed E-state index contributed by atoms with van der Waals surface area (Å²) in [6.45, 7) is 2.38. The van der Waals surface area contributed by atoms with E-state index in [1.807, 2.05) is 61.5 Å². The largest absolute Gasteiger partial charge is 0.493 e. The van der Waals surface area contributed by atoms with E-state index in [0.29, 0.717) is 47.5 Å². The number of para-hydroxylation sites is 2. The average molecular weight is 637 g/mol. The van der Waals surface area contributed by atoms with E-state index in [1.165, 1.54) is 12.0 Å². The van der Waals surface area contributed by atoms with E-state index >= 15 is 0 Å². The normalized spacial score (nSPS) is 16.0. The van der Waals surface area contributed by atoms with Crippen molar-refractivity contribution in [3.63, 3.8) is 0 Å². The lowest BCUT2D eigenvalue weighted by molar-refractivity contribution is -0.136. The van der Waals surface area contributed by atoms with Gasteiger partial charge in [-0.15, -0.1) is 0 Å². The van der Waals surface area contributed by atoms with E-state index < -0.39 is 6.04 Å². The molecule has 3 amide bonds. The zero-order chi connectivity index (χ0) is 32.8. The predicted octanol–water partition coefficient (Wildman–Crippen LogP) is 3.29. The standard InChI is InChI=1S/C34H36N8O5/c1-22-33-39-32(23-8-4-3-5-9-23)40-42(33)18-19-47-28-20-24(12-13-27(28)46-2)34(45)35-16-17-41(21-30(43)36-22)31(44)15-14-29-37-25-10-6-7-11-26(25)38-29/h3-13,20,22H,14-19,21H2,1-2H3,(H,35,45)(H,36,43)(H,37,38)/t22-/m1/s1. The van der Waals surface area contributed by atoms with Gasteiger partial charge in [-0.3, -0.25) is 14.4 Å². The molecule has 5 aromatic rings. The number of aromatic amines is 1. The zero-order valence-electron chi connectivity index (χ0n) is 26.2. The average Bonchev–Trinajstić information content (AvgIpc) is 3.71. The lowest BCUT2D eigenvalue weighted by Crippen LogP contribution is -2.45. The van der Waals surface area contributed by atoms with Crippen molar-refractivity contribution in [1.82, 2.24) is 40.3 Å². The molecule has 3 heterocycles. The Morgan fingerprint density at radius 1 is 1.00 bits per heavy atom. The molecule has 2 bridgehead atoms. The molecule has 0 aliphatic carbocycles. The summed E-state index contributed by atoms with van der Waals surface area (Å²) in [4.78, 5) is 54.0. The number of methoxy groups -OCH3 is 1. The number of nitrogens with one attached hydrogen (secondary N) is 3. The van der Waals surface area contributed by atoms with Crippen LogP contribution in [0, 0.1) is 0 Å². The highest BCUT2D eigenvalue weighted by molar-refractivity contribution is 5.95. The van der Waals surface area contributed by atoms with E-state index in [4.69, 9.17) is 19.6 Å². The van der Waals surface area contributed by atoms with Crippen LogP contribution in [0.5, 0.6) is 11.5 Å². The first-order valence-electron chi connectivity index (χ1n) is 15.5. The van der Waals surface area contributed by atoms with E-state index in [-0.39, 0.29) is 50.4 Å². The van der Waals surface area contributed by atoms with Crippen molar-refractivity contribution in [2.45, 2.75) is 32.4 Å². The van der Waals surface area contributed by atoms with Gasteiger partial charge in [0.25, 0.3) is 5.91 Å². The Kier molecular flexibility index (Phi) is 9.41. The van der Waals surface area contributed by atoms with Crippen LogP contribution in [0.3, 0.4) is 0 Å². The van der Waals surface area contributed by atoms with Crippen molar-refractivity contribution in [2.24, 2.45) is 0 Å². The van der Waals surface area contributed by atoms with E-state index in [1.54, 1.807) is 22.9 Å². The number of hydrogen-bond acceptors (Lipinski definition) is 8. The lowest BCUT2D eigenvalue weighted by atomic mass is 10.2. The summed E-state index contributed by atoms with van der Waals surface area (Å²) in [5, 5.41) is 10.6. The number of nitrogens with zero attached hydrogens (tertiary/aromatic N) is 5. The van der Waals surface area contributed by atoms with Gasteiger partial charge in [0.2, 0.25) is 11.8 Å². The molecule has 0 saturated heterocycles. The first-order chi connectivity index (χ1) is 22.9. The van der Waals surface area contributed by atoms with E-state index in [9.17, 15) is 14.4 Å². The fourth-order valence-corrected chi connectivity index (χ4v) is 5.45. The minimum absolute atomic E-state index is 0.125. The molecule has 0 saturated carbocycles. The third kappa shape index (κ3) is 7.40. The zero-order valence-corrected chi connectivity index (χ0v) is 26.2. The molecule has 3 N–H and O–H groups in total. The van der Waals surface area contributed by atoms with Crippen LogP contribution in [0.1, 0.15) is 41.4 Å². The van der Waals surface area contributed by atoms with E-state index in [2.05, 4.69) is 20.6 Å². The van der Waals surface area contributed by atoms with Gasteiger partial charge < -0.3 is 30.0 Å². The fraction of sp³-hybridized carbons (Fsp3) is 0.294. The number of carbonyl (C=O) groups is 3. The molecule has 1 aliphatic heterocycles. The molecular weight excluding hydrogens is 600 g/mol. The molecule has 242 valence electrons. The lowest BCUT2D eigenvalue weighted by Gasteiger charge is -2.23. The second-order valence-electron chi connectivity index (χ2n) is 11.2. The topological polar surface area (TPSA) is 156 Å². The maximum absolute atomic E-state index is 13.5. The van der Waals surface area contributed by atoms with Crippen LogP contribution in [-0.2, 0) is 22.6 Å². The molecular formula is C34H36N8O5. The first kappa shape index (κ1) is 31.3. The predicted molar refractivity (Wildman–Crippen MR) is 174 cm³/mol. The van der Waals surface area contributed by atoms with Gasteiger partial charge >= 0.3 is 0 Å². The molecule has 1 atom stereocenters. The van der Waals surface area contributed by atoms with Crippen LogP contribution in [0.25, 0.3) is 22.4 Å². The number of hydrogen-bond donors (Lipinski definition) is 3. The van der Waals surface area contributed by atoms with Gasteiger partial charge in [-0.2, -0.15) is 5.10 Å². The van der Waals surface area contributed by atoms with Gasteiger partial charge in [-0.1, -0.05) is 42.5 Å². The second kappa shape index (κ2) is 14.1. The van der Waals surface area contributed by atoms with Gasteiger partial charge in [0, 0.05) is 37.1 Å². The molecule has 0 fully saturated rings. The quantitative estimate of drug-likeness (QED) is 0.265. The van der Waals surface area contributed by atoms with Crippen molar-refractivity contribution in [3.8, 4) is 22.9 Å². The Labute approximate surface area is 271 Å². The van der Waals surface area contributed by atoms with Crippen molar-refractivity contribution >= 4 is 28.8 Å². The highest BCUT2D eigenvalue weighted by Gasteiger charge is 2.23. The minimum atomic E-state index is -0.534. The minimum Gasteiger partial charge on any atom is -0.493 e. The van der Waals surface area contributed by atoms with Crippen LogP contribution in [0.15, 0.2) is 72.8 Å². The summed E-state index contributed by atoms with van der Waals surface area (Å²) >= 11 is 0. The number of ether oxygens (including phenoxy) is 2. The number of aryl methyl sites for hydroxylation is 1. The monoisotopic (exact) mass is 636 g/mol. The molecule has 6 rings (SSSR count). The van der Waals surface area contributed by atoms with Crippen molar-refractivity contribution in [2.75, 3.05) is 33.4 Å². The molecule has 3 aromatic carbocycles. The Morgan fingerprint density at radius 2 is 1.81 bits per heavy atom. The number of rotatable bonds is 5. The number of benzene rings is 3. The highest BCUT2D eigenvalue weighted by Crippen LogP contribution is 2.28. The van der Waals surface area contributed by atoms with E-state index in [0.717, 1.165) is 16.6 Å². The second-order valence-corrected chi connectivity index (χ2v) is 11.2. The number of carbonyl (C=O) groups excluding carboxylic acids is 3. The molecule has 1 aliphatic rings. The number of fused-ring (bicyclic) bond motifs is 4. The van der Waals surface area contributed by atoms with Crippen LogP contribution in [-0.4, -0.2) is 80.7 Å². The van der Waals surface area contributed by atoms with Crippen LogP contribution in [0.4, 0.5) is 0 Å². The molecule has 0 spiro atoms. The van der Waals surface area contributed by atoms with Crippen molar-refractivity contribution < 1.29 is 23.9 Å². The third-order valence-electron chi connectivity index (χ3n) is 7.85. The molecule has 13 heteroatoms. The molecule has 0 unspecified atom stereocenters. The van der Waals surface area contributed by atoms with Crippen molar-refractivity contribution in [1.29, 1.82) is 0 Å². The van der Waals surface area contributed by atoms with Gasteiger partial charge in [-0.05, 0) is 37.3 Å². The van der Waals surface area contributed by atoms with Crippen LogP contribution < -0.4 is 20.1 Å². The Balaban J connectivity index is 1.25. The van der Waals surface area contributed by atoms with Crippen LogP contribution >= 0.6 is 0 Å². The Bertz CT molecular complexity index is 1850. The smallest absolute Gasteiger partial charge is 0.251 e. The SMILES string of the molecule is COc1ccc2cc1OCCn1nc(-c3ccccc3)nc1[C@@H](C)NC(=O)CN(C(=O)CCc1nc3ccccc3[nH]1)CCNC2=O. The Morgan fingerprint density at radius 3 is 2.62 bits per heavy atom. The maximum atomic E-state index is 13.5. The Hall–Kier alpha value is -5.72. The van der Waals surface area contributed by atoms with Gasteiger partial charge in [-0.25, -0.2) is 14.6 Å². The first-order valence-corrected chi connectivity index (χ1v) is 15.5. The summed E-state index contributed by atoms with van der Waals surface area (Å²) in [6, 6.07) is 21.6. The third-order valence-corrected chi connectivity index (χ3v) is 7.85. The fourth-order valence-electron chi connectivity index (χ4n) is 5.45. The maximum Gasteiger partial charge on any atom is 0.251 e. The molecule has 0 radical (unpaired) electrons. The summed E-state index contributed by atoms with van der Waals surface area (Å²) < 4.78 is 13.2. The highest BCUT2D eigenvalue weighted by atomic mass is 16.5. The summed E-state index contributed by atoms with van der Waals surface area (Å²) in [5.74, 6) is 1.65. The molecule has 2 aromatic heterocycles. The number of aromatic nitrogens is 5. The number of H-pyrrole nitrogens is 1. The molecule has 13 nitrogen and oxygen atoms in total.